The van der Waals surface area contributed by atoms with E-state index in [1.54, 1.807) is 12.3 Å². The van der Waals surface area contributed by atoms with Gasteiger partial charge in [0.1, 0.15) is 5.82 Å². The summed E-state index contributed by atoms with van der Waals surface area (Å²) in [6.07, 6.45) is -1.19. The third-order valence-corrected chi connectivity index (χ3v) is 3.05. The Hall–Kier alpha value is -1.82. The number of alkyl halides is 3. The van der Waals surface area contributed by atoms with Gasteiger partial charge in [-0.05, 0) is 24.6 Å². The summed E-state index contributed by atoms with van der Waals surface area (Å²) in [5.74, 6) is 0.669. The largest absolute Gasteiger partial charge is 0.416 e. The Balaban J connectivity index is 2.02. The second-order valence-corrected chi connectivity index (χ2v) is 4.91. The molecule has 2 N–H and O–H groups in total. The molecule has 0 saturated heterocycles. The zero-order valence-electron chi connectivity index (χ0n) is 11.8. The number of nitrogens with zero attached hydrogens (tertiary/aromatic N) is 1. The zero-order valence-corrected chi connectivity index (χ0v) is 11.8. The van der Waals surface area contributed by atoms with Crippen molar-refractivity contribution in [1.29, 1.82) is 0 Å². The molecule has 1 aromatic carbocycles. The normalized spacial score (nSPS) is 11.8. The molecule has 0 radical (unpaired) electrons. The van der Waals surface area contributed by atoms with E-state index in [4.69, 9.17) is 0 Å². The van der Waals surface area contributed by atoms with Crippen molar-refractivity contribution >= 4 is 0 Å². The van der Waals surface area contributed by atoms with Crippen LogP contribution in [0.15, 0.2) is 30.5 Å². The smallest absolute Gasteiger partial charge is 0.345 e. The van der Waals surface area contributed by atoms with Gasteiger partial charge in [-0.3, -0.25) is 0 Å². The molecule has 0 spiro atoms. The van der Waals surface area contributed by atoms with Crippen molar-refractivity contribution in [2.45, 2.75) is 32.5 Å². The molecule has 21 heavy (non-hydrogen) atoms. The summed E-state index contributed by atoms with van der Waals surface area (Å²) in [6.45, 7) is 3.68. The van der Waals surface area contributed by atoms with E-state index in [1.807, 2.05) is 0 Å². The minimum atomic E-state index is -4.31. The summed E-state index contributed by atoms with van der Waals surface area (Å²) in [5, 5.41) is 3.24. The van der Waals surface area contributed by atoms with Crippen LogP contribution in [0.2, 0.25) is 0 Å². The second-order valence-electron chi connectivity index (χ2n) is 4.91. The number of halogens is 3. The van der Waals surface area contributed by atoms with Crippen LogP contribution in [-0.4, -0.2) is 16.5 Å². The van der Waals surface area contributed by atoms with Crippen molar-refractivity contribution < 1.29 is 13.2 Å². The lowest BCUT2D eigenvalue weighted by atomic mass is 10.1. The number of nitrogens with one attached hydrogen (secondary N) is 2. The highest BCUT2D eigenvalue weighted by atomic mass is 19.4. The van der Waals surface area contributed by atoms with Gasteiger partial charge in [0.25, 0.3) is 0 Å². The van der Waals surface area contributed by atoms with Gasteiger partial charge in [-0.2, -0.15) is 13.2 Å². The molecule has 1 aromatic heterocycles. The average molecular weight is 297 g/mol. The van der Waals surface area contributed by atoms with E-state index in [9.17, 15) is 13.2 Å². The van der Waals surface area contributed by atoms with Crippen molar-refractivity contribution in [3.8, 4) is 0 Å². The molecule has 0 bridgehead atoms. The molecule has 0 fully saturated rings. The van der Waals surface area contributed by atoms with Crippen LogP contribution in [0.4, 0.5) is 13.2 Å². The number of hydrogen-bond acceptors (Lipinski definition) is 2. The van der Waals surface area contributed by atoms with Crippen LogP contribution in [0.1, 0.15) is 36.0 Å². The lowest BCUT2D eigenvalue weighted by Crippen LogP contribution is -2.13. The number of imidazole rings is 1. The summed E-state index contributed by atoms with van der Waals surface area (Å²) >= 11 is 0. The molecule has 0 aliphatic carbocycles. The highest BCUT2D eigenvalue weighted by Crippen LogP contribution is 2.29. The second kappa shape index (κ2) is 6.76. The molecule has 0 aliphatic rings. The molecule has 3 nitrogen and oxygen atoms in total. The Morgan fingerprint density at radius 3 is 2.81 bits per heavy atom. The van der Waals surface area contributed by atoms with Crippen LogP contribution in [-0.2, 0) is 19.1 Å². The Morgan fingerprint density at radius 2 is 2.10 bits per heavy atom. The molecule has 0 saturated carbocycles. The van der Waals surface area contributed by atoms with Gasteiger partial charge >= 0.3 is 6.18 Å². The molecule has 2 rings (SSSR count). The van der Waals surface area contributed by atoms with Crippen molar-refractivity contribution in [3.05, 3.63) is 53.1 Å². The van der Waals surface area contributed by atoms with Crippen LogP contribution < -0.4 is 5.32 Å². The molecule has 1 heterocycles. The van der Waals surface area contributed by atoms with E-state index in [0.717, 1.165) is 30.8 Å². The molecule has 6 heteroatoms. The molecule has 0 unspecified atom stereocenters. The Labute approximate surface area is 121 Å². The quantitative estimate of drug-likeness (QED) is 0.801. The van der Waals surface area contributed by atoms with Crippen LogP contribution in [0.5, 0.6) is 0 Å². The van der Waals surface area contributed by atoms with Crippen molar-refractivity contribution in [2.75, 3.05) is 6.54 Å². The van der Waals surface area contributed by atoms with Crippen LogP contribution in [0.25, 0.3) is 0 Å². The number of benzene rings is 1. The molecule has 114 valence electrons. The maximum Gasteiger partial charge on any atom is 0.416 e. The fourth-order valence-electron chi connectivity index (χ4n) is 2.04. The van der Waals surface area contributed by atoms with E-state index < -0.39 is 11.7 Å². The number of hydrogen-bond donors (Lipinski definition) is 2. The van der Waals surface area contributed by atoms with Gasteiger partial charge in [0.05, 0.1) is 5.56 Å². The Bertz CT molecular complexity index is 576. The lowest BCUT2D eigenvalue weighted by Gasteiger charge is -2.07. The van der Waals surface area contributed by atoms with Gasteiger partial charge in [-0.25, -0.2) is 4.98 Å². The molecule has 0 atom stereocenters. The maximum absolute atomic E-state index is 12.7. The Kier molecular flexibility index (Phi) is 5.01. The van der Waals surface area contributed by atoms with Crippen molar-refractivity contribution in [1.82, 2.24) is 15.3 Å². The maximum atomic E-state index is 12.7. The predicted molar refractivity (Wildman–Crippen MR) is 74.8 cm³/mol. The number of aromatic amines is 1. The van der Waals surface area contributed by atoms with Gasteiger partial charge < -0.3 is 10.3 Å². The minimum Gasteiger partial charge on any atom is -0.345 e. The van der Waals surface area contributed by atoms with Gasteiger partial charge in [0.2, 0.25) is 0 Å². The first-order valence-corrected chi connectivity index (χ1v) is 6.88. The van der Waals surface area contributed by atoms with Crippen LogP contribution in [0.3, 0.4) is 0 Å². The van der Waals surface area contributed by atoms with Gasteiger partial charge in [0.15, 0.2) is 0 Å². The van der Waals surface area contributed by atoms with E-state index in [1.165, 1.54) is 6.07 Å². The van der Waals surface area contributed by atoms with E-state index in [-0.39, 0.29) is 0 Å². The summed E-state index contributed by atoms with van der Waals surface area (Å²) in [6, 6.07) is 5.33. The van der Waals surface area contributed by atoms with Gasteiger partial charge in [-0.15, -0.1) is 0 Å². The first-order chi connectivity index (χ1) is 9.99. The first-order valence-electron chi connectivity index (χ1n) is 6.88. The Morgan fingerprint density at radius 1 is 1.29 bits per heavy atom. The number of rotatable bonds is 6. The molecule has 0 aliphatic heterocycles. The summed E-state index contributed by atoms with van der Waals surface area (Å²) in [4.78, 5) is 7.33. The lowest BCUT2D eigenvalue weighted by molar-refractivity contribution is -0.137. The molecular formula is C15H18F3N3. The standard InChI is InChI=1S/C15H18F3N3/c1-2-6-19-9-13-10-20-14(21-13)8-11-4-3-5-12(7-11)15(16,17)18/h3-5,7,10,19H,2,6,8-9H2,1H3,(H,20,21). The molecule has 0 amide bonds. The topological polar surface area (TPSA) is 40.7 Å². The highest BCUT2D eigenvalue weighted by Gasteiger charge is 2.30. The van der Waals surface area contributed by atoms with E-state index >= 15 is 0 Å². The number of H-pyrrole nitrogens is 1. The van der Waals surface area contributed by atoms with Crippen molar-refractivity contribution in [2.24, 2.45) is 0 Å². The first kappa shape index (κ1) is 15.6. The minimum absolute atomic E-state index is 0.359. The summed E-state index contributed by atoms with van der Waals surface area (Å²) in [5.41, 5.74) is 0.897. The third-order valence-electron chi connectivity index (χ3n) is 3.05. The summed E-state index contributed by atoms with van der Waals surface area (Å²) < 4.78 is 38.0. The van der Waals surface area contributed by atoms with Gasteiger partial charge in [-0.1, -0.05) is 25.1 Å². The third kappa shape index (κ3) is 4.60. The van der Waals surface area contributed by atoms with Gasteiger partial charge in [0, 0.05) is 24.9 Å². The summed E-state index contributed by atoms with van der Waals surface area (Å²) in [7, 11) is 0. The molecular weight excluding hydrogens is 279 g/mol. The SMILES string of the molecule is CCCNCc1cnc(Cc2cccc(C(F)(F)F)c2)[nH]1. The van der Waals surface area contributed by atoms with Crippen LogP contribution >= 0.6 is 0 Å². The fraction of sp³-hybridized carbons (Fsp3) is 0.400. The monoisotopic (exact) mass is 297 g/mol. The highest BCUT2D eigenvalue weighted by molar-refractivity contribution is 5.27. The fourth-order valence-corrected chi connectivity index (χ4v) is 2.04. The zero-order chi connectivity index (χ0) is 15.3. The van der Waals surface area contributed by atoms with E-state index in [0.29, 0.717) is 24.4 Å². The number of aromatic nitrogens is 2. The van der Waals surface area contributed by atoms with Crippen molar-refractivity contribution in [3.63, 3.8) is 0 Å². The van der Waals surface area contributed by atoms with Crippen LogP contribution in [0, 0.1) is 0 Å². The molecule has 2 aromatic rings. The average Bonchev–Trinajstić information content (AvgIpc) is 2.86. The van der Waals surface area contributed by atoms with E-state index in [2.05, 4.69) is 22.2 Å². The predicted octanol–water partition coefficient (Wildman–Crippen LogP) is 3.52.